The van der Waals surface area contributed by atoms with E-state index < -0.39 is 11.4 Å². The molecule has 1 aliphatic heterocycles. The van der Waals surface area contributed by atoms with Crippen LogP contribution in [0.25, 0.3) is 0 Å². The number of fused-ring (bicyclic) bond motifs is 1. The monoisotopic (exact) mass is 347 g/mol. The van der Waals surface area contributed by atoms with E-state index in [1.165, 1.54) is 0 Å². The molecule has 25 heavy (non-hydrogen) atoms. The minimum Gasteiger partial charge on any atom is -0.490 e. The number of carboxylic acid groups (broad SMARTS) is 1. The highest BCUT2D eigenvalue weighted by molar-refractivity contribution is 5.96. The molecule has 1 aromatic carbocycles. The van der Waals surface area contributed by atoms with Gasteiger partial charge in [0.2, 0.25) is 0 Å². The molecule has 2 atom stereocenters. The van der Waals surface area contributed by atoms with Crippen molar-refractivity contribution in [3.63, 3.8) is 0 Å². The molecule has 1 saturated heterocycles. The van der Waals surface area contributed by atoms with E-state index in [1.807, 2.05) is 13.8 Å². The molecule has 0 aromatic heterocycles. The van der Waals surface area contributed by atoms with Gasteiger partial charge in [0, 0.05) is 18.7 Å². The van der Waals surface area contributed by atoms with Gasteiger partial charge in [0.15, 0.2) is 11.5 Å². The van der Waals surface area contributed by atoms with Crippen LogP contribution in [-0.2, 0) is 4.79 Å². The molecular formula is C19H25NO5. The van der Waals surface area contributed by atoms with Crippen molar-refractivity contribution < 1.29 is 24.2 Å². The van der Waals surface area contributed by atoms with E-state index >= 15 is 0 Å². The summed E-state index contributed by atoms with van der Waals surface area (Å²) < 4.78 is 11.1. The number of hydrogen-bond acceptors (Lipinski definition) is 4. The van der Waals surface area contributed by atoms with Gasteiger partial charge in [-0.1, -0.05) is 6.42 Å². The van der Waals surface area contributed by atoms with Crippen LogP contribution in [0, 0.1) is 11.3 Å². The Morgan fingerprint density at radius 3 is 2.60 bits per heavy atom. The minimum absolute atomic E-state index is 0.0583. The summed E-state index contributed by atoms with van der Waals surface area (Å²) >= 11 is 0. The van der Waals surface area contributed by atoms with Crippen molar-refractivity contribution in [2.45, 2.75) is 33.1 Å². The Kier molecular flexibility index (Phi) is 4.88. The van der Waals surface area contributed by atoms with Crippen molar-refractivity contribution in [2.24, 2.45) is 11.3 Å². The van der Waals surface area contributed by atoms with Gasteiger partial charge >= 0.3 is 5.97 Å². The van der Waals surface area contributed by atoms with E-state index in [2.05, 4.69) is 0 Å². The maximum Gasteiger partial charge on any atom is 0.311 e. The Bertz CT molecular complexity index is 674. The average molecular weight is 347 g/mol. The highest BCUT2D eigenvalue weighted by atomic mass is 16.5. The number of amides is 1. The molecule has 0 unspecified atom stereocenters. The number of carbonyl (C=O) groups excluding carboxylic acids is 1. The van der Waals surface area contributed by atoms with E-state index in [1.54, 1.807) is 23.1 Å². The number of likely N-dealkylation sites (tertiary alicyclic amines) is 1. The van der Waals surface area contributed by atoms with E-state index in [-0.39, 0.29) is 11.8 Å². The van der Waals surface area contributed by atoms with Crippen molar-refractivity contribution in [3.05, 3.63) is 23.8 Å². The molecule has 6 nitrogen and oxygen atoms in total. The lowest BCUT2D eigenvalue weighted by Crippen LogP contribution is -2.37. The summed E-state index contributed by atoms with van der Waals surface area (Å²) in [5.74, 6) is 0.303. The molecule has 136 valence electrons. The van der Waals surface area contributed by atoms with Crippen molar-refractivity contribution >= 4 is 11.9 Å². The van der Waals surface area contributed by atoms with E-state index in [0.29, 0.717) is 49.8 Å². The van der Waals surface area contributed by atoms with Gasteiger partial charge < -0.3 is 19.5 Å². The lowest BCUT2D eigenvalue weighted by Gasteiger charge is -2.23. The summed E-state index contributed by atoms with van der Waals surface area (Å²) in [6.07, 6.45) is 2.46. The number of benzene rings is 1. The third-order valence-corrected chi connectivity index (χ3v) is 5.37. The number of rotatable bonds is 6. The molecular weight excluding hydrogens is 322 g/mol. The Morgan fingerprint density at radius 2 is 1.96 bits per heavy atom. The second-order valence-electron chi connectivity index (χ2n) is 6.76. The van der Waals surface area contributed by atoms with E-state index in [0.717, 1.165) is 12.8 Å². The molecule has 0 spiro atoms. The third-order valence-electron chi connectivity index (χ3n) is 5.37. The van der Waals surface area contributed by atoms with Crippen LogP contribution in [0.5, 0.6) is 11.5 Å². The predicted molar refractivity (Wildman–Crippen MR) is 92.1 cm³/mol. The predicted octanol–water partition coefficient (Wildman–Crippen LogP) is 2.81. The Balaban J connectivity index is 1.82. The summed E-state index contributed by atoms with van der Waals surface area (Å²) in [6.45, 7) is 5.57. The molecule has 1 aromatic rings. The molecule has 3 rings (SSSR count). The fourth-order valence-electron chi connectivity index (χ4n) is 4.16. The second-order valence-corrected chi connectivity index (χ2v) is 6.76. The zero-order chi connectivity index (χ0) is 18.0. The first-order valence-electron chi connectivity index (χ1n) is 8.94. The molecule has 1 amide bonds. The number of aliphatic carboxylic acids is 1. The van der Waals surface area contributed by atoms with Gasteiger partial charge in [-0.3, -0.25) is 9.59 Å². The standard InChI is InChI=1S/C19H25NO5/c1-3-24-15-8-7-13(10-16(15)25-4-2)17(21)20-11-14-6-5-9-19(14,12-20)18(22)23/h7-8,10,14H,3-6,9,11-12H2,1-2H3,(H,22,23)/t14-,19+/m0/s1. The fourth-order valence-corrected chi connectivity index (χ4v) is 4.16. The van der Waals surface area contributed by atoms with Crippen LogP contribution in [0.15, 0.2) is 18.2 Å². The lowest BCUT2D eigenvalue weighted by atomic mass is 9.81. The molecule has 2 aliphatic rings. The smallest absolute Gasteiger partial charge is 0.311 e. The zero-order valence-electron chi connectivity index (χ0n) is 14.8. The summed E-state index contributed by atoms with van der Waals surface area (Å²) in [5, 5.41) is 9.68. The van der Waals surface area contributed by atoms with Gasteiger partial charge in [0.05, 0.1) is 18.6 Å². The van der Waals surface area contributed by atoms with Crippen molar-refractivity contribution in [3.8, 4) is 11.5 Å². The summed E-state index contributed by atoms with van der Waals surface area (Å²) in [6, 6.07) is 5.15. The van der Waals surface area contributed by atoms with Gasteiger partial charge in [-0.2, -0.15) is 0 Å². The Hall–Kier alpha value is -2.24. The normalized spacial score (nSPS) is 24.9. The number of carboxylic acids is 1. The largest absolute Gasteiger partial charge is 0.490 e. The first-order valence-corrected chi connectivity index (χ1v) is 8.94. The van der Waals surface area contributed by atoms with Crippen molar-refractivity contribution in [1.29, 1.82) is 0 Å². The van der Waals surface area contributed by atoms with Crippen LogP contribution in [0.3, 0.4) is 0 Å². The van der Waals surface area contributed by atoms with Gasteiger partial charge in [0.25, 0.3) is 5.91 Å². The molecule has 0 radical (unpaired) electrons. The number of nitrogens with zero attached hydrogens (tertiary/aromatic N) is 1. The minimum atomic E-state index is -0.771. The SMILES string of the molecule is CCOc1ccc(C(=O)N2C[C@@H]3CCC[C@@]3(C(=O)O)C2)cc1OCC. The summed E-state index contributed by atoms with van der Waals surface area (Å²) in [5.41, 5.74) is -0.253. The molecule has 6 heteroatoms. The highest BCUT2D eigenvalue weighted by Gasteiger charge is 2.55. The zero-order valence-corrected chi connectivity index (χ0v) is 14.8. The average Bonchev–Trinajstić information content (AvgIpc) is 3.14. The van der Waals surface area contributed by atoms with Gasteiger partial charge in [0.1, 0.15) is 0 Å². The van der Waals surface area contributed by atoms with Crippen LogP contribution >= 0.6 is 0 Å². The maximum absolute atomic E-state index is 12.9. The van der Waals surface area contributed by atoms with Crippen LogP contribution in [0.2, 0.25) is 0 Å². The van der Waals surface area contributed by atoms with Crippen molar-refractivity contribution in [2.75, 3.05) is 26.3 Å². The van der Waals surface area contributed by atoms with Crippen LogP contribution in [0.1, 0.15) is 43.5 Å². The quantitative estimate of drug-likeness (QED) is 0.856. The van der Waals surface area contributed by atoms with E-state index in [4.69, 9.17) is 9.47 Å². The second kappa shape index (κ2) is 6.94. The molecule has 1 aliphatic carbocycles. The Labute approximate surface area is 147 Å². The molecule has 0 bridgehead atoms. The third kappa shape index (κ3) is 3.05. The van der Waals surface area contributed by atoms with Gasteiger partial charge in [-0.15, -0.1) is 0 Å². The van der Waals surface area contributed by atoms with Crippen LogP contribution < -0.4 is 9.47 Å². The number of hydrogen-bond donors (Lipinski definition) is 1. The molecule has 1 heterocycles. The molecule has 1 saturated carbocycles. The number of carbonyl (C=O) groups is 2. The summed E-state index contributed by atoms with van der Waals surface area (Å²) in [7, 11) is 0. The van der Waals surface area contributed by atoms with E-state index in [9.17, 15) is 14.7 Å². The van der Waals surface area contributed by atoms with Crippen LogP contribution in [0.4, 0.5) is 0 Å². The first kappa shape index (κ1) is 17.6. The van der Waals surface area contributed by atoms with Gasteiger partial charge in [-0.05, 0) is 50.8 Å². The summed E-state index contributed by atoms with van der Waals surface area (Å²) in [4.78, 5) is 26.4. The highest BCUT2D eigenvalue weighted by Crippen LogP contribution is 2.49. The molecule has 1 N–H and O–H groups in total. The fraction of sp³-hybridized carbons (Fsp3) is 0.579. The number of ether oxygens (including phenoxy) is 2. The maximum atomic E-state index is 12.9. The first-order chi connectivity index (χ1) is 12.0. The molecule has 2 fully saturated rings. The van der Waals surface area contributed by atoms with Crippen molar-refractivity contribution in [1.82, 2.24) is 4.90 Å². The van der Waals surface area contributed by atoms with Gasteiger partial charge in [-0.25, -0.2) is 0 Å². The Morgan fingerprint density at radius 1 is 1.24 bits per heavy atom. The topological polar surface area (TPSA) is 76.1 Å². The lowest BCUT2D eigenvalue weighted by molar-refractivity contribution is -0.149. The van der Waals surface area contributed by atoms with Crippen LogP contribution in [-0.4, -0.2) is 48.2 Å².